The minimum atomic E-state index is -4.27. The van der Waals surface area contributed by atoms with Crippen molar-refractivity contribution in [3.8, 4) is 0 Å². The summed E-state index contributed by atoms with van der Waals surface area (Å²) < 4.78 is 44.1. The van der Waals surface area contributed by atoms with Gasteiger partial charge >= 0.3 is 0 Å². The number of nitrogens with one attached hydrogen (secondary N) is 1. The van der Waals surface area contributed by atoms with E-state index in [-0.39, 0.29) is 10.7 Å². The van der Waals surface area contributed by atoms with Crippen molar-refractivity contribution in [1.82, 2.24) is 0 Å². The van der Waals surface area contributed by atoms with Crippen LogP contribution in [0, 0.1) is 12.7 Å². The van der Waals surface area contributed by atoms with Crippen molar-refractivity contribution >= 4 is 15.7 Å². The average molecular weight is 440 g/mol. The van der Waals surface area contributed by atoms with Crippen LogP contribution in [-0.4, -0.2) is 26.1 Å². The highest BCUT2D eigenvalue weighted by Crippen LogP contribution is 2.18. The molecule has 4 nitrogen and oxygen atoms in total. The summed E-state index contributed by atoms with van der Waals surface area (Å²) in [5.74, 6) is -0.165. The lowest BCUT2D eigenvalue weighted by Gasteiger charge is -2.23. The van der Waals surface area contributed by atoms with Crippen molar-refractivity contribution < 1.29 is 22.3 Å². The standard InChI is InChI=1S/C18H18FN.C7H8O3S/c19-18-8-6-16(7-9-18)17-10-12-20(13-11-17)14-15-4-2-1-3-5-15;1-6-2-4-7(5-3-6)11(8,9)10/h1-10H,11-14H2;2-5H,1H3,(H,8,9,10). The summed E-state index contributed by atoms with van der Waals surface area (Å²) in [5.41, 5.74) is 4.82. The molecule has 31 heavy (non-hydrogen) atoms. The molecule has 0 fully saturated rings. The molecule has 0 aromatic heterocycles. The van der Waals surface area contributed by atoms with E-state index in [9.17, 15) is 17.4 Å². The van der Waals surface area contributed by atoms with Gasteiger partial charge in [-0.15, -0.1) is 0 Å². The van der Waals surface area contributed by atoms with E-state index >= 15 is 0 Å². The molecule has 0 saturated carbocycles. The van der Waals surface area contributed by atoms with E-state index in [2.05, 4.69) is 36.4 Å². The molecule has 0 aliphatic carbocycles. The fourth-order valence-corrected chi connectivity index (χ4v) is 3.93. The molecule has 4 rings (SSSR count). The summed E-state index contributed by atoms with van der Waals surface area (Å²) in [6.07, 6.45) is 3.36. The largest absolute Gasteiger partial charge is 0.744 e. The van der Waals surface area contributed by atoms with Gasteiger partial charge in [-0.05, 0) is 48.4 Å². The van der Waals surface area contributed by atoms with Crippen LogP contribution in [0.3, 0.4) is 0 Å². The van der Waals surface area contributed by atoms with Crippen LogP contribution in [-0.2, 0) is 16.7 Å². The Morgan fingerprint density at radius 2 is 1.58 bits per heavy atom. The van der Waals surface area contributed by atoms with E-state index in [1.165, 1.54) is 23.3 Å². The van der Waals surface area contributed by atoms with Gasteiger partial charge in [0, 0.05) is 12.0 Å². The third-order valence-corrected chi connectivity index (χ3v) is 6.06. The second-order valence-electron chi connectivity index (χ2n) is 7.62. The number of quaternary nitrogens is 1. The normalized spacial score (nSPS) is 16.1. The topological polar surface area (TPSA) is 61.6 Å². The van der Waals surface area contributed by atoms with Crippen LogP contribution in [0.15, 0.2) is 89.8 Å². The van der Waals surface area contributed by atoms with Gasteiger partial charge in [0.25, 0.3) is 0 Å². The lowest BCUT2D eigenvalue weighted by molar-refractivity contribution is -0.908. The van der Waals surface area contributed by atoms with Crippen LogP contribution >= 0.6 is 0 Å². The first kappa shape index (κ1) is 22.9. The molecule has 1 aliphatic rings. The van der Waals surface area contributed by atoms with Crippen molar-refractivity contribution in [2.75, 3.05) is 13.1 Å². The molecule has 1 atom stereocenters. The van der Waals surface area contributed by atoms with Crippen LogP contribution in [0.25, 0.3) is 5.57 Å². The Balaban J connectivity index is 0.000000210. The van der Waals surface area contributed by atoms with Crippen molar-refractivity contribution in [3.05, 3.63) is 107 Å². The number of hydrogen-bond donors (Lipinski definition) is 1. The summed E-state index contributed by atoms with van der Waals surface area (Å²) in [4.78, 5) is 1.41. The molecule has 1 aliphatic heterocycles. The van der Waals surface area contributed by atoms with Crippen molar-refractivity contribution in [3.63, 3.8) is 0 Å². The van der Waals surface area contributed by atoms with Crippen LogP contribution < -0.4 is 4.90 Å². The molecule has 3 aromatic rings. The van der Waals surface area contributed by atoms with Gasteiger partial charge < -0.3 is 9.45 Å². The van der Waals surface area contributed by atoms with Gasteiger partial charge in [0.1, 0.15) is 22.5 Å². The highest BCUT2D eigenvalue weighted by atomic mass is 32.2. The van der Waals surface area contributed by atoms with Crippen LogP contribution in [0.2, 0.25) is 0 Å². The highest BCUT2D eigenvalue weighted by Gasteiger charge is 2.16. The molecule has 3 aromatic carbocycles. The summed E-state index contributed by atoms with van der Waals surface area (Å²) in [6.45, 7) is 5.08. The Morgan fingerprint density at radius 3 is 2.13 bits per heavy atom. The molecule has 0 saturated heterocycles. The number of aryl methyl sites for hydroxylation is 1. The third-order valence-electron chi connectivity index (χ3n) is 5.21. The lowest BCUT2D eigenvalue weighted by atomic mass is 9.99. The van der Waals surface area contributed by atoms with Gasteiger partial charge in [-0.1, -0.05) is 60.2 Å². The quantitative estimate of drug-likeness (QED) is 0.632. The SMILES string of the molecule is Cc1ccc(S(=O)(=O)[O-])cc1.Fc1ccc(C2=CC[NH+](Cc3ccccc3)CC2)cc1. The number of hydrogen-bond acceptors (Lipinski definition) is 3. The molecular formula is C25H26FNO3S. The molecule has 0 spiro atoms. The predicted octanol–water partition coefficient (Wildman–Crippen LogP) is 3.60. The van der Waals surface area contributed by atoms with Gasteiger partial charge in [-0.25, -0.2) is 12.8 Å². The Kier molecular flexibility index (Phi) is 7.74. The molecule has 0 amide bonds. The van der Waals surface area contributed by atoms with E-state index in [4.69, 9.17) is 0 Å². The lowest BCUT2D eigenvalue weighted by Crippen LogP contribution is -3.11. The van der Waals surface area contributed by atoms with Gasteiger partial charge in [-0.2, -0.15) is 0 Å². The summed E-state index contributed by atoms with van der Waals surface area (Å²) in [7, 11) is -4.27. The van der Waals surface area contributed by atoms with Crippen molar-refractivity contribution in [1.29, 1.82) is 0 Å². The minimum absolute atomic E-state index is 0.165. The zero-order valence-corrected chi connectivity index (χ0v) is 18.2. The monoisotopic (exact) mass is 439 g/mol. The molecular weight excluding hydrogens is 413 g/mol. The molecule has 1 unspecified atom stereocenters. The van der Waals surface area contributed by atoms with Crippen LogP contribution in [0.4, 0.5) is 4.39 Å². The van der Waals surface area contributed by atoms with Gasteiger partial charge in [0.05, 0.1) is 18.0 Å². The fourth-order valence-electron chi connectivity index (χ4n) is 3.46. The zero-order valence-electron chi connectivity index (χ0n) is 17.4. The average Bonchev–Trinajstić information content (AvgIpc) is 2.76. The first-order valence-corrected chi connectivity index (χ1v) is 11.6. The van der Waals surface area contributed by atoms with E-state index in [1.54, 1.807) is 29.2 Å². The zero-order chi connectivity index (χ0) is 22.3. The van der Waals surface area contributed by atoms with E-state index in [0.29, 0.717) is 0 Å². The summed E-state index contributed by atoms with van der Waals surface area (Å²) in [5, 5.41) is 0. The van der Waals surface area contributed by atoms with E-state index in [0.717, 1.165) is 37.2 Å². The third kappa shape index (κ3) is 7.14. The molecule has 162 valence electrons. The molecule has 1 N–H and O–H groups in total. The molecule has 0 radical (unpaired) electrons. The minimum Gasteiger partial charge on any atom is -0.744 e. The van der Waals surface area contributed by atoms with Crippen LogP contribution in [0.1, 0.15) is 23.1 Å². The number of benzene rings is 3. The van der Waals surface area contributed by atoms with Crippen molar-refractivity contribution in [2.45, 2.75) is 24.8 Å². The second-order valence-corrected chi connectivity index (χ2v) is 9.00. The van der Waals surface area contributed by atoms with Crippen LogP contribution in [0.5, 0.6) is 0 Å². The van der Waals surface area contributed by atoms with E-state index in [1.807, 2.05) is 19.1 Å². The smallest absolute Gasteiger partial charge is 0.124 e. The van der Waals surface area contributed by atoms with Gasteiger partial charge in [-0.3, -0.25) is 0 Å². The molecule has 1 heterocycles. The highest BCUT2D eigenvalue weighted by molar-refractivity contribution is 7.85. The Labute approximate surface area is 183 Å². The second kappa shape index (κ2) is 10.5. The maximum atomic E-state index is 12.9. The Bertz CT molecular complexity index is 1110. The first-order valence-electron chi connectivity index (χ1n) is 10.2. The summed E-state index contributed by atoms with van der Waals surface area (Å²) in [6, 6.07) is 23.2. The predicted molar refractivity (Wildman–Crippen MR) is 119 cm³/mol. The Hall–Kier alpha value is -2.80. The molecule has 0 bridgehead atoms. The summed E-state index contributed by atoms with van der Waals surface area (Å²) >= 11 is 0. The van der Waals surface area contributed by atoms with Gasteiger partial charge in [0.2, 0.25) is 0 Å². The maximum Gasteiger partial charge on any atom is 0.124 e. The van der Waals surface area contributed by atoms with Crippen molar-refractivity contribution in [2.24, 2.45) is 0 Å². The number of rotatable bonds is 4. The first-order chi connectivity index (χ1) is 14.8. The number of halogens is 1. The molecule has 6 heteroatoms. The fraction of sp³-hybridized carbons (Fsp3) is 0.200. The maximum absolute atomic E-state index is 12.9. The van der Waals surface area contributed by atoms with E-state index < -0.39 is 10.1 Å². The Morgan fingerprint density at radius 1 is 0.935 bits per heavy atom. The van der Waals surface area contributed by atoms with Gasteiger partial charge in [0.15, 0.2) is 0 Å².